The summed E-state index contributed by atoms with van der Waals surface area (Å²) in [5.74, 6) is 1.18. The number of hydrogen-bond acceptors (Lipinski definition) is 4. The van der Waals surface area contributed by atoms with Crippen molar-refractivity contribution in [2.45, 2.75) is 25.3 Å². The predicted octanol–water partition coefficient (Wildman–Crippen LogP) is 2.27. The Morgan fingerprint density at radius 3 is 3.14 bits per heavy atom. The van der Waals surface area contributed by atoms with Crippen molar-refractivity contribution in [3.63, 3.8) is 0 Å². The Hall–Kier alpha value is -1.92. The number of aromatic nitrogens is 3. The third-order valence-electron chi connectivity index (χ3n) is 4.06. The first-order chi connectivity index (χ1) is 10.6. The monoisotopic (exact) mass is 319 g/mol. The molecule has 2 atom stereocenters. The van der Waals surface area contributed by atoms with Crippen LogP contribution in [0.15, 0.2) is 30.6 Å². The summed E-state index contributed by atoms with van der Waals surface area (Å²) >= 11 is 5.93. The minimum atomic E-state index is -0.202. The molecule has 7 heteroatoms. The lowest BCUT2D eigenvalue weighted by Gasteiger charge is -2.23. The van der Waals surface area contributed by atoms with E-state index in [1.807, 2.05) is 19.1 Å². The Kier molecular flexibility index (Phi) is 4.40. The summed E-state index contributed by atoms with van der Waals surface area (Å²) in [5, 5.41) is 10.3. The Morgan fingerprint density at radius 1 is 1.55 bits per heavy atom. The zero-order valence-corrected chi connectivity index (χ0v) is 13.0. The number of amides is 1. The number of nitrogens with one attached hydrogen (secondary N) is 2. The molecule has 1 aliphatic heterocycles. The molecular formula is C15H18ClN5O. The summed E-state index contributed by atoms with van der Waals surface area (Å²) in [6.45, 7) is 3.59. The standard InChI is InChI=1S/C15H18ClN5O/c1-10(15(22)19-13-4-2-3-12(16)7-13)21-6-5-11(8-21)14-17-9-18-20-14/h2-4,7,9-11H,5-6,8H2,1H3,(H,19,22)(H,17,18,20). The quantitative estimate of drug-likeness (QED) is 0.906. The van der Waals surface area contributed by atoms with Crippen molar-refractivity contribution in [3.05, 3.63) is 41.4 Å². The van der Waals surface area contributed by atoms with Gasteiger partial charge in [0.2, 0.25) is 5.91 Å². The molecule has 0 spiro atoms. The molecule has 1 aromatic carbocycles. The highest BCUT2D eigenvalue weighted by atomic mass is 35.5. The van der Waals surface area contributed by atoms with Crippen LogP contribution in [0, 0.1) is 0 Å². The minimum Gasteiger partial charge on any atom is -0.325 e. The number of hydrogen-bond donors (Lipinski definition) is 2. The maximum Gasteiger partial charge on any atom is 0.241 e. The molecule has 116 valence electrons. The van der Waals surface area contributed by atoms with Crippen LogP contribution in [0.4, 0.5) is 5.69 Å². The molecule has 0 bridgehead atoms. The number of carbonyl (C=O) groups excluding carboxylic acids is 1. The van der Waals surface area contributed by atoms with Gasteiger partial charge in [0.05, 0.1) is 6.04 Å². The van der Waals surface area contributed by atoms with Gasteiger partial charge in [0.1, 0.15) is 12.2 Å². The SMILES string of the molecule is CC(C(=O)Nc1cccc(Cl)c1)N1CCC(c2ncn[nH]2)C1. The van der Waals surface area contributed by atoms with Gasteiger partial charge in [0, 0.05) is 23.2 Å². The van der Waals surface area contributed by atoms with E-state index >= 15 is 0 Å². The molecule has 2 N–H and O–H groups in total. The summed E-state index contributed by atoms with van der Waals surface area (Å²) in [7, 11) is 0. The van der Waals surface area contributed by atoms with Crippen molar-refractivity contribution in [3.8, 4) is 0 Å². The highest BCUT2D eigenvalue weighted by molar-refractivity contribution is 6.30. The maximum absolute atomic E-state index is 12.4. The van der Waals surface area contributed by atoms with Gasteiger partial charge in [0.15, 0.2) is 0 Å². The summed E-state index contributed by atoms with van der Waals surface area (Å²) in [5.41, 5.74) is 0.718. The lowest BCUT2D eigenvalue weighted by atomic mass is 10.1. The average Bonchev–Trinajstić information content (AvgIpc) is 3.17. The zero-order valence-electron chi connectivity index (χ0n) is 12.3. The molecule has 1 aliphatic rings. The van der Waals surface area contributed by atoms with Crippen molar-refractivity contribution in [2.24, 2.45) is 0 Å². The second-order valence-electron chi connectivity index (χ2n) is 5.53. The highest BCUT2D eigenvalue weighted by Crippen LogP contribution is 2.26. The second kappa shape index (κ2) is 6.46. The van der Waals surface area contributed by atoms with Crippen LogP contribution in [0.25, 0.3) is 0 Å². The van der Waals surface area contributed by atoms with Gasteiger partial charge in [0.25, 0.3) is 0 Å². The third-order valence-corrected chi connectivity index (χ3v) is 4.29. The van der Waals surface area contributed by atoms with Crippen LogP contribution in [-0.4, -0.2) is 45.1 Å². The van der Waals surface area contributed by atoms with E-state index in [1.54, 1.807) is 12.1 Å². The van der Waals surface area contributed by atoms with Crippen LogP contribution in [0.2, 0.25) is 5.02 Å². The Labute approximate surface area is 133 Å². The highest BCUT2D eigenvalue weighted by Gasteiger charge is 2.31. The molecule has 1 aromatic heterocycles. The molecule has 2 unspecified atom stereocenters. The van der Waals surface area contributed by atoms with Crippen LogP contribution >= 0.6 is 11.6 Å². The molecular weight excluding hydrogens is 302 g/mol. The maximum atomic E-state index is 12.4. The molecule has 0 aliphatic carbocycles. The summed E-state index contributed by atoms with van der Waals surface area (Å²) < 4.78 is 0. The van der Waals surface area contributed by atoms with E-state index in [0.717, 1.165) is 31.0 Å². The van der Waals surface area contributed by atoms with E-state index in [9.17, 15) is 4.79 Å². The van der Waals surface area contributed by atoms with Crippen molar-refractivity contribution in [2.75, 3.05) is 18.4 Å². The van der Waals surface area contributed by atoms with Gasteiger partial charge >= 0.3 is 0 Å². The van der Waals surface area contributed by atoms with E-state index < -0.39 is 0 Å². The van der Waals surface area contributed by atoms with E-state index in [0.29, 0.717) is 10.9 Å². The second-order valence-corrected chi connectivity index (χ2v) is 5.96. The largest absolute Gasteiger partial charge is 0.325 e. The molecule has 22 heavy (non-hydrogen) atoms. The number of aromatic amines is 1. The van der Waals surface area contributed by atoms with Crippen LogP contribution in [0.5, 0.6) is 0 Å². The van der Waals surface area contributed by atoms with Crippen LogP contribution in [0.3, 0.4) is 0 Å². The van der Waals surface area contributed by atoms with E-state index in [4.69, 9.17) is 11.6 Å². The molecule has 3 rings (SSSR count). The van der Waals surface area contributed by atoms with E-state index in [2.05, 4.69) is 25.4 Å². The third kappa shape index (κ3) is 3.28. The van der Waals surface area contributed by atoms with Crippen molar-refractivity contribution < 1.29 is 4.79 Å². The van der Waals surface area contributed by atoms with Crippen molar-refractivity contribution in [1.82, 2.24) is 20.1 Å². The minimum absolute atomic E-state index is 0.0273. The Bertz CT molecular complexity index is 645. The topological polar surface area (TPSA) is 73.9 Å². The van der Waals surface area contributed by atoms with Crippen LogP contribution < -0.4 is 5.32 Å². The number of rotatable bonds is 4. The van der Waals surface area contributed by atoms with Gasteiger partial charge in [-0.05, 0) is 38.1 Å². The number of H-pyrrole nitrogens is 1. The molecule has 6 nitrogen and oxygen atoms in total. The lowest BCUT2D eigenvalue weighted by Crippen LogP contribution is -2.40. The van der Waals surface area contributed by atoms with Crippen LogP contribution in [-0.2, 0) is 4.79 Å². The average molecular weight is 320 g/mol. The fourth-order valence-electron chi connectivity index (χ4n) is 2.75. The van der Waals surface area contributed by atoms with Gasteiger partial charge in [-0.1, -0.05) is 17.7 Å². The number of carbonyl (C=O) groups is 1. The number of anilines is 1. The number of benzene rings is 1. The fourth-order valence-corrected chi connectivity index (χ4v) is 2.94. The Morgan fingerprint density at radius 2 is 2.41 bits per heavy atom. The fraction of sp³-hybridized carbons (Fsp3) is 0.400. The molecule has 1 amide bonds. The smallest absolute Gasteiger partial charge is 0.241 e. The van der Waals surface area contributed by atoms with Gasteiger partial charge in [-0.3, -0.25) is 14.8 Å². The zero-order chi connectivity index (χ0) is 15.5. The normalized spacial score (nSPS) is 20.0. The lowest BCUT2D eigenvalue weighted by molar-refractivity contribution is -0.120. The van der Waals surface area contributed by atoms with E-state index in [1.165, 1.54) is 6.33 Å². The number of halogens is 1. The van der Waals surface area contributed by atoms with Gasteiger partial charge in [-0.2, -0.15) is 5.10 Å². The summed E-state index contributed by atoms with van der Waals surface area (Å²) in [6, 6.07) is 6.97. The van der Waals surface area contributed by atoms with Gasteiger partial charge in [-0.15, -0.1) is 0 Å². The molecule has 2 heterocycles. The summed E-state index contributed by atoms with van der Waals surface area (Å²) in [4.78, 5) is 18.7. The predicted molar refractivity (Wildman–Crippen MR) is 84.9 cm³/mol. The van der Waals surface area contributed by atoms with Crippen molar-refractivity contribution in [1.29, 1.82) is 0 Å². The first-order valence-corrected chi connectivity index (χ1v) is 7.67. The summed E-state index contributed by atoms with van der Waals surface area (Å²) in [6.07, 6.45) is 2.50. The molecule has 2 aromatic rings. The van der Waals surface area contributed by atoms with Gasteiger partial charge < -0.3 is 5.32 Å². The van der Waals surface area contributed by atoms with E-state index in [-0.39, 0.29) is 11.9 Å². The van der Waals surface area contributed by atoms with Gasteiger partial charge in [-0.25, -0.2) is 4.98 Å². The first kappa shape index (κ1) is 15.0. The number of likely N-dealkylation sites (tertiary alicyclic amines) is 1. The number of nitrogens with zero attached hydrogens (tertiary/aromatic N) is 3. The molecule has 0 saturated carbocycles. The first-order valence-electron chi connectivity index (χ1n) is 7.29. The molecule has 1 saturated heterocycles. The molecule has 1 fully saturated rings. The van der Waals surface area contributed by atoms with Crippen molar-refractivity contribution >= 4 is 23.2 Å². The molecule has 0 radical (unpaired) electrons. The van der Waals surface area contributed by atoms with Crippen LogP contribution in [0.1, 0.15) is 25.1 Å². The Balaban J connectivity index is 1.59.